The van der Waals surface area contributed by atoms with Crippen LogP contribution in [0.1, 0.15) is 12.5 Å². The molecule has 102 valence electrons. The van der Waals surface area contributed by atoms with E-state index in [1.807, 2.05) is 0 Å². The molecule has 0 aromatic heterocycles. The Hall–Kier alpha value is -1.33. The average molecular weight is 277 g/mol. The zero-order valence-electron chi connectivity index (χ0n) is 10.4. The van der Waals surface area contributed by atoms with Gasteiger partial charge in [0.25, 0.3) is 0 Å². The maximum atomic E-state index is 13.3. The van der Waals surface area contributed by atoms with Crippen molar-refractivity contribution in [2.75, 3.05) is 13.7 Å². The minimum absolute atomic E-state index is 0. The number of nitrogens with one attached hydrogen (secondary N) is 1. The topological polar surface area (TPSA) is 64.3 Å². The fraction of sp³-hybridized carbons (Fsp3) is 0.417. The summed E-state index contributed by atoms with van der Waals surface area (Å²) in [7, 11) is 1.41. The van der Waals surface area contributed by atoms with Crippen molar-refractivity contribution in [3.63, 3.8) is 0 Å². The van der Waals surface area contributed by atoms with E-state index in [-0.39, 0.29) is 36.5 Å². The largest absolute Gasteiger partial charge is 0.494 e. The molecular weight excluding hydrogens is 259 g/mol. The van der Waals surface area contributed by atoms with E-state index in [2.05, 4.69) is 5.32 Å². The van der Waals surface area contributed by atoms with Crippen LogP contribution in [0.5, 0.6) is 5.75 Å². The average Bonchev–Trinajstić information content (AvgIpc) is 2.35. The first-order chi connectivity index (χ1) is 8.08. The maximum absolute atomic E-state index is 13.3. The quantitative estimate of drug-likeness (QED) is 0.856. The second-order valence-electron chi connectivity index (χ2n) is 3.82. The van der Waals surface area contributed by atoms with Crippen LogP contribution in [-0.4, -0.2) is 19.6 Å². The van der Waals surface area contributed by atoms with Gasteiger partial charge in [-0.1, -0.05) is 13.0 Å². The van der Waals surface area contributed by atoms with Crippen LogP contribution >= 0.6 is 12.4 Å². The van der Waals surface area contributed by atoms with E-state index in [1.165, 1.54) is 19.2 Å². The third kappa shape index (κ3) is 4.50. The zero-order chi connectivity index (χ0) is 12.8. The first-order valence-electron chi connectivity index (χ1n) is 5.38. The minimum Gasteiger partial charge on any atom is -0.494 e. The van der Waals surface area contributed by atoms with Crippen molar-refractivity contribution in [2.24, 2.45) is 11.7 Å². The van der Waals surface area contributed by atoms with Gasteiger partial charge in [-0.2, -0.15) is 0 Å². The summed E-state index contributed by atoms with van der Waals surface area (Å²) in [5.41, 5.74) is 6.05. The molecule has 0 spiro atoms. The number of halogens is 2. The molecular formula is C12H18ClFN2O2. The van der Waals surface area contributed by atoms with Gasteiger partial charge in [0, 0.05) is 19.0 Å². The Morgan fingerprint density at radius 2 is 2.22 bits per heavy atom. The normalized spacial score (nSPS) is 11.3. The number of ether oxygens (including phenoxy) is 1. The molecule has 0 radical (unpaired) electrons. The summed E-state index contributed by atoms with van der Waals surface area (Å²) >= 11 is 0. The Bertz CT molecular complexity index is 402. The van der Waals surface area contributed by atoms with Crippen molar-refractivity contribution in [2.45, 2.75) is 13.5 Å². The van der Waals surface area contributed by atoms with Gasteiger partial charge in [0.1, 0.15) is 0 Å². The Kier molecular flexibility index (Phi) is 7.31. The molecule has 0 aliphatic carbocycles. The summed E-state index contributed by atoms with van der Waals surface area (Å²) in [6.07, 6.45) is 0. The number of rotatable bonds is 5. The van der Waals surface area contributed by atoms with E-state index in [0.717, 1.165) is 0 Å². The highest BCUT2D eigenvalue weighted by Gasteiger charge is 2.10. The van der Waals surface area contributed by atoms with E-state index < -0.39 is 5.82 Å². The molecule has 1 amide bonds. The zero-order valence-corrected chi connectivity index (χ0v) is 11.2. The fourth-order valence-electron chi connectivity index (χ4n) is 1.29. The number of amides is 1. The van der Waals surface area contributed by atoms with Crippen molar-refractivity contribution >= 4 is 18.3 Å². The first kappa shape index (κ1) is 16.7. The van der Waals surface area contributed by atoms with Crippen LogP contribution in [0.4, 0.5) is 4.39 Å². The van der Waals surface area contributed by atoms with Crippen molar-refractivity contribution in [1.29, 1.82) is 0 Å². The maximum Gasteiger partial charge on any atom is 0.224 e. The predicted octanol–water partition coefficient (Wildman–Crippen LogP) is 1.47. The lowest BCUT2D eigenvalue weighted by molar-refractivity contribution is -0.124. The van der Waals surface area contributed by atoms with Crippen LogP contribution in [0.2, 0.25) is 0 Å². The second-order valence-corrected chi connectivity index (χ2v) is 3.82. The molecule has 1 aromatic rings. The van der Waals surface area contributed by atoms with Crippen LogP contribution < -0.4 is 15.8 Å². The van der Waals surface area contributed by atoms with E-state index in [1.54, 1.807) is 13.0 Å². The Morgan fingerprint density at radius 3 is 2.72 bits per heavy atom. The molecule has 0 bridgehead atoms. The Labute approximate surface area is 112 Å². The highest BCUT2D eigenvalue weighted by Crippen LogP contribution is 2.17. The van der Waals surface area contributed by atoms with Gasteiger partial charge in [0.05, 0.1) is 7.11 Å². The molecule has 3 N–H and O–H groups in total. The number of benzene rings is 1. The SMILES string of the molecule is COc1ccc(CNC(=O)C(C)CN)cc1F.Cl. The molecule has 1 atom stereocenters. The van der Waals surface area contributed by atoms with Gasteiger partial charge in [0.15, 0.2) is 11.6 Å². The molecule has 18 heavy (non-hydrogen) atoms. The number of nitrogens with two attached hydrogens (primary N) is 1. The van der Waals surface area contributed by atoms with Crippen LogP contribution in [-0.2, 0) is 11.3 Å². The van der Waals surface area contributed by atoms with Crippen LogP contribution in [0.15, 0.2) is 18.2 Å². The molecule has 0 aliphatic rings. The molecule has 1 rings (SSSR count). The predicted molar refractivity (Wildman–Crippen MR) is 70.3 cm³/mol. The van der Waals surface area contributed by atoms with Gasteiger partial charge < -0.3 is 15.8 Å². The lowest BCUT2D eigenvalue weighted by Gasteiger charge is -2.10. The summed E-state index contributed by atoms with van der Waals surface area (Å²) < 4.78 is 18.1. The molecule has 0 aliphatic heterocycles. The van der Waals surface area contributed by atoms with Gasteiger partial charge in [-0.25, -0.2) is 4.39 Å². The molecule has 1 aromatic carbocycles. The van der Waals surface area contributed by atoms with Crippen LogP contribution in [0, 0.1) is 11.7 Å². The van der Waals surface area contributed by atoms with Gasteiger partial charge in [0.2, 0.25) is 5.91 Å². The van der Waals surface area contributed by atoms with Crippen molar-refractivity contribution in [1.82, 2.24) is 5.32 Å². The first-order valence-corrected chi connectivity index (χ1v) is 5.38. The van der Waals surface area contributed by atoms with Crippen molar-refractivity contribution < 1.29 is 13.9 Å². The van der Waals surface area contributed by atoms with E-state index in [9.17, 15) is 9.18 Å². The summed E-state index contributed by atoms with van der Waals surface area (Å²) in [5.74, 6) is -0.622. The minimum atomic E-state index is -0.439. The number of carbonyl (C=O) groups excluding carboxylic acids is 1. The molecule has 6 heteroatoms. The summed E-state index contributed by atoms with van der Waals surface area (Å²) in [4.78, 5) is 11.4. The van der Waals surface area contributed by atoms with Crippen molar-refractivity contribution in [3.8, 4) is 5.75 Å². The number of hydrogen-bond acceptors (Lipinski definition) is 3. The molecule has 0 saturated heterocycles. The lowest BCUT2D eigenvalue weighted by Crippen LogP contribution is -2.32. The smallest absolute Gasteiger partial charge is 0.224 e. The molecule has 4 nitrogen and oxygen atoms in total. The standard InChI is InChI=1S/C12H17FN2O2.ClH/c1-8(6-14)12(16)15-7-9-3-4-11(17-2)10(13)5-9;/h3-5,8H,6-7,14H2,1-2H3,(H,15,16);1H. The van der Waals surface area contributed by atoms with Gasteiger partial charge >= 0.3 is 0 Å². The number of hydrogen-bond donors (Lipinski definition) is 2. The van der Waals surface area contributed by atoms with Gasteiger partial charge in [-0.3, -0.25) is 4.79 Å². The molecule has 0 heterocycles. The monoisotopic (exact) mass is 276 g/mol. The Morgan fingerprint density at radius 1 is 1.56 bits per heavy atom. The third-order valence-electron chi connectivity index (χ3n) is 2.48. The molecule has 0 saturated carbocycles. The molecule has 0 fully saturated rings. The summed E-state index contributed by atoms with van der Waals surface area (Å²) in [5, 5.41) is 2.69. The van der Waals surface area contributed by atoms with E-state index in [4.69, 9.17) is 10.5 Å². The van der Waals surface area contributed by atoms with Crippen LogP contribution in [0.25, 0.3) is 0 Å². The van der Waals surface area contributed by atoms with Gasteiger partial charge in [-0.15, -0.1) is 12.4 Å². The Balaban J connectivity index is 0.00000289. The van der Waals surface area contributed by atoms with E-state index in [0.29, 0.717) is 12.1 Å². The van der Waals surface area contributed by atoms with Gasteiger partial charge in [-0.05, 0) is 17.7 Å². The number of carbonyl (C=O) groups is 1. The summed E-state index contributed by atoms with van der Waals surface area (Å²) in [6, 6.07) is 4.57. The summed E-state index contributed by atoms with van der Waals surface area (Å²) in [6.45, 7) is 2.32. The van der Waals surface area contributed by atoms with Crippen molar-refractivity contribution in [3.05, 3.63) is 29.6 Å². The highest BCUT2D eigenvalue weighted by atomic mass is 35.5. The number of methoxy groups -OCH3 is 1. The van der Waals surface area contributed by atoms with E-state index >= 15 is 0 Å². The fourth-order valence-corrected chi connectivity index (χ4v) is 1.29. The molecule has 1 unspecified atom stereocenters. The highest BCUT2D eigenvalue weighted by molar-refractivity contribution is 5.85. The third-order valence-corrected chi connectivity index (χ3v) is 2.48. The lowest BCUT2D eigenvalue weighted by atomic mass is 10.1. The second kappa shape index (κ2) is 7.89. The van der Waals surface area contributed by atoms with Crippen LogP contribution in [0.3, 0.4) is 0 Å².